The Bertz CT molecular complexity index is 965. The lowest BCUT2D eigenvalue weighted by molar-refractivity contribution is 0.0601. The molecule has 9 heteroatoms. The summed E-state index contributed by atoms with van der Waals surface area (Å²) in [6.07, 6.45) is 0. The Morgan fingerprint density at radius 2 is 1.97 bits per heavy atom. The Kier molecular flexibility index (Phi) is 7.45. The summed E-state index contributed by atoms with van der Waals surface area (Å²) in [4.78, 5) is 4.70. The number of hydrogen-bond acceptors (Lipinski definition) is 5. The van der Waals surface area contributed by atoms with E-state index in [0.717, 1.165) is 16.9 Å². The minimum atomic E-state index is -3.50. The van der Waals surface area contributed by atoms with Crippen molar-refractivity contribution in [3.63, 3.8) is 0 Å². The van der Waals surface area contributed by atoms with Crippen molar-refractivity contribution < 1.29 is 17.9 Å². The van der Waals surface area contributed by atoms with Gasteiger partial charge in [-0.25, -0.2) is 18.1 Å². The van der Waals surface area contributed by atoms with Gasteiger partial charge in [-0.2, -0.15) is 0 Å². The zero-order valence-electron chi connectivity index (χ0n) is 17.5. The van der Waals surface area contributed by atoms with Crippen LogP contribution in [-0.4, -0.2) is 39.6 Å². The summed E-state index contributed by atoms with van der Waals surface area (Å²) in [5.74, 6) is 1.95. The van der Waals surface area contributed by atoms with E-state index in [-0.39, 0.29) is 18.0 Å². The van der Waals surface area contributed by atoms with Crippen LogP contribution < -0.4 is 15.4 Å². The monoisotopic (exact) mass is 422 g/mol. The van der Waals surface area contributed by atoms with Crippen molar-refractivity contribution in [1.29, 1.82) is 0 Å². The molecule has 8 nitrogen and oxygen atoms in total. The Balaban J connectivity index is 2.12. The molecular formula is C20H30N4O4S. The lowest BCUT2D eigenvalue weighted by atomic mass is 9.96. The predicted octanol–water partition coefficient (Wildman–Crippen LogP) is 1.77. The lowest BCUT2D eigenvalue weighted by Gasteiger charge is -2.24. The molecule has 0 amide bonds. The van der Waals surface area contributed by atoms with Gasteiger partial charge in [-0.1, -0.05) is 12.1 Å². The molecule has 0 fully saturated rings. The van der Waals surface area contributed by atoms with Crippen molar-refractivity contribution >= 4 is 16.0 Å². The molecule has 4 N–H and O–H groups in total. The van der Waals surface area contributed by atoms with Gasteiger partial charge in [0.2, 0.25) is 10.0 Å². The van der Waals surface area contributed by atoms with Crippen LogP contribution >= 0.6 is 0 Å². The Morgan fingerprint density at radius 3 is 2.55 bits per heavy atom. The number of hydrogen-bond donors (Lipinski definition) is 4. The van der Waals surface area contributed by atoms with Crippen LogP contribution in [0.15, 0.2) is 44.6 Å². The summed E-state index contributed by atoms with van der Waals surface area (Å²) in [5, 5.41) is 17.1. The number of aryl methyl sites for hydroxylation is 2. The summed E-state index contributed by atoms with van der Waals surface area (Å²) in [5.41, 5.74) is 0.341. The van der Waals surface area contributed by atoms with Gasteiger partial charge in [-0.05, 0) is 58.5 Å². The summed E-state index contributed by atoms with van der Waals surface area (Å²) in [7, 11) is -2.13. The molecule has 1 unspecified atom stereocenters. The third-order valence-corrected chi connectivity index (χ3v) is 5.87. The maximum atomic E-state index is 12.0. The zero-order chi connectivity index (χ0) is 21.7. The minimum absolute atomic E-state index is 0.194. The number of nitrogens with one attached hydrogen (secondary N) is 3. The van der Waals surface area contributed by atoms with E-state index in [0.29, 0.717) is 18.3 Å². The van der Waals surface area contributed by atoms with Gasteiger partial charge in [0, 0.05) is 12.1 Å². The van der Waals surface area contributed by atoms with Gasteiger partial charge < -0.3 is 20.2 Å². The molecule has 160 valence electrons. The second-order valence-electron chi connectivity index (χ2n) is 7.00. The molecule has 0 aliphatic rings. The largest absolute Gasteiger partial charge is 0.466 e. The van der Waals surface area contributed by atoms with Gasteiger partial charge in [0.1, 0.15) is 17.1 Å². The van der Waals surface area contributed by atoms with Crippen LogP contribution in [0.5, 0.6) is 0 Å². The van der Waals surface area contributed by atoms with E-state index in [1.165, 1.54) is 13.1 Å². The summed E-state index contributed by atoms with van der Waals surface area (Å²) >= 11 is 0. The smallest absolute Gasteiger partial charge is 0.240 e. The van der Waals surface area contributed by atoms with Gasteiger partial charge in [0.15, 0.2) is 5.96 Å². The first-order valence-corrected chi connectivity index (χ1v) is 10.9. The second-order valence-corrected chi connectivity index (χ2v) is 8.89. The molecule has 0 spiro atoms. The molecule has 2 aromatic rings. The quantitative estimate of drug-likeness (QED) is 0.381. The maximum Gasteiger partial charge on any atom is 0.240 e. The molecule has 1 heterocycles. The third-order valence-electron chi connectivity index (χ3n) is 4.46. The minimum Gasteiger partial charge on any atom is -0.466 e. The van der Waals surface area contributed by atoms with Crippen LogP contribution in [0.3, 0.4) is 0 Å². The van der Waals surface area contributed by atoms with Gasteiger partial charge in [-0.15, -0.1) is 0 Å². The van der Waals surface area contributed by atoms with E-state index in [2.05, 4.69) is 20.3 Å². The molecule has 29 heavy (non-hydrogen) atoms. The van der Waals surface area contributed by atoms with Crippen molar-refractivity contribution in [1.82, 2.24) is 15.4 Å². The number of benzene rings is 1. The van der Waals surface area contributed by atoms with Crippen LogP contribution in [0, 0.1) is 13.8 Å². The number of aliphatic hydroxyl groups is 1. The van der Waals surface area contributed by atoms with E-state index in [9.17, 15) is 13.5 Å². The number of nitrogens with zero attached hydrogens (tertiary/aromatic N) is 1. The highest BCUT2D eigenvalue weighted by Crippen LogP contribution is 2.26. The van der Waals surface area contributed by atoms with Gasteiger partial charge in [-0.3, -0.25) is 0 Å². The Hall–Kier alpha value is -2.36. The van der Waals surface area contributed by atoms with Gasteiger partial charge in [0.25, 0.3) is 0 Å². The van der Waals surface area contributed by atoms with Crippen molar-refractivity contribution in [3.8, 4) is 0 Å². The molecule has 1 aromatic heterocycles. The average Bonchev–Trinajstić information content (AvgIpc) is 3.03. The summed E-state index contributed by atoms with van der Waals surface area (Å²) < 4.78 is 31.8. The fraction of sp³-hybridized carbons (Fsp3) is 0.450. The first-order chi connectivity index (χ1) is 13.6. The third kappa shape index (κ3) is 6.06. The fourth-order valence-corrected chi connectivity index (χ4v) is 3.76. The number of aliphatic imine (C=N–C) groups is 1. The average molecular weight is 423 g/mol. The van der Waals surface area contributed by atoms with Crippen molar-refractivity contribution in [2.75, 3.05) is 20.1 Å². The lowest BCUT2D eigenvalue weighted by Crippen LogP contribution is -2.44. The molecule has 0 saturated carbocycles. The molecule has 0 saturated heterocycles. The van der Waals surface area contributed by atoms with Crippen LogP contribution in [0.1, 0.15) is 36.5 Å². The first kappa shape index (κ1) is 22.9. The van der Waals surface area contributed by atoms with Crippen LogP contribution in [0.4, 0.5) is 0 Å². The number of furan rings is 1. The van der Waals surface area contributed by atoms with Crippen molar-refractivity contribution in [3.05, 3.63) is 53.0 Å². The molecular weight excluding hydrogens is 392 g/mol. The van der Waals surface area contributed by atoms with Crippen LogP contribution in [0.2, 0.25) is 0 Å². The maximum absolute atomic E-state index is 12.0. The molecule has 0 bridgehead atoms. The van der Waals surface area contributed by atoms with Crippen molar-refractivity contribution in [2.45, 2.75) is 44.7 Å². The Labute approximate surface area is 172 Å². The highest BCUT2D eigenvalue weighted by molar-refractivity contribution is 7.89. The zero-order valence-corrected chi connectivity index (χ0v) is 18.4. The second kappa shape index (κ2) is 9.43. The predicted molar refractivity (Wildman–Crippen MR) is 113 cm³/mol. The highest BCUT2D eigenvalue weighted by Gasteiger charge is 2.27. The Morgan fingerprint density at radius 1 is 1.24 bits per heavy atom. The number of rotatable bonds is 8. The summed E-state index contributed by atoms with van der Waals surface area (Å²) in [6.45, 7) is 8.48. The first-order valence-electron chi connectivity index (χ1n) is 9.43. The van der Waals surface area contributed by atoms with Crippen LogP contribution in [0.25, 0.3) is 0 Å². The van der Waals surface area contributed by atoms with Gasteiger partial charge >= 0.3 is 0 Å². The molecule has 0 aliphatic carbocycles. The molecule has 0 radical (unpaired) electrons. The molecule has 1 aromatic carbocycles. The SMILES string of the molecule is CCNC(=NCc1cccc(S(=O)(=O)NC)c1)NCC(C)(O)c1cc(C)oc1C. The van der Waals surface area contributed by atoms with E-state index >= 15 is 0 Å². The van der Waals surface area contributed by atoms with Crippen molar-refractivity contribution in [2.24, 2.45) is 4.99 Å². The van der Waals surface area contributed by atoms with Crippen LogP contribution in [-0.2, 0) is 22.2 Å². The van der Waals surface area contributed by atoms with Gasteiger partial charge in [0.05, 0.1) is 18.0 Å². The normalized spacial score (nSPS) is 14.5. The van der Waals surface area contributed by atoms with E-state index in [4.69, 9.17) is 4.42 Å². The topological polar surface area (TPSA) is 116 Å². The standard InChI is InChI=1S/C20H30N4O4S/c1-6-22-19(24-13-20(4,25)18-10-14(2)28-15(18)3)23-12-16-8-7-9-17(11-16)29(26,27)21-5/h7-11,21,25H,6,12-13H2,1-5H3,(H2,22,23,24). The highest BCUT2D eigenvalue weighted by atomic mass is 32.2. The fourth-order valence-electron chi connectivity index (χ4n) is 2.96. The van der Waals surface area contributed by atoms with E-state index < -0.39 is 15.6 Å². The molecule has 2 rings (SSSR count). The molecule has 0 aliphatic heterocycles. The van der Waals surface area contributed by atoms with E-state index in [1.54, 1.807) is 19.1 Å². The molecule has 1 atom stereocenters. The van der Waals surface area contributed by atoms with E-state index in [1.807, 2.05) is 32.9 Å². The number of guanidine groups is 1. The number of sulfonamides is 1. The summed E-state index contributed by atoms with van der Waals surface area (Å²) in [6, 6.07) is 8.45.